The second-order valence-corrected chi connectivity index (χ2v) is 6.10. The number of hydrogen-bond donors (Lipinski definition) is 0. The molecule has 1 fully saturated rings. The molecule has 1 aromatic heterocycles. The van der Waals surface area contributed by atoms with E-state index in [4.69, 9.17) is 4.42 Å². The molecule has 0 N–H and O–H groups in total. The van der Waals surface area contributed by atoms with Crippen LogP contribution in [0.1, 0.15) is 51.3 Å². The van der Waals surface area contributed by atoms with Crippen LogP contribution in [0.5, 0.6) is 0 Å². The lowest BCUT2D eigenvalue weighted by molar-refractivity contribution is -0.157. The predicted molar refractivity (Wildman–Crippen MR) is 85.0 cm³/mol. The number of piperidine rings is 1. The molecular formula is C17H16F3N3O4. The van der Waals surface area contributed by atoms with Crippen LogP contribution in [0, 0.1) is 0 Å². The summed E-state index contributed by atoms with van der Waals surface area (Å²) in [6, 6.07) is 5.97. The Hall–Kier alpha value is -2.91. The van der Waals surface area contributed by atoms with E-state index >= 15 is 0 Å². The first kappa shape index (κ1) is 18.9. The molecule has 2 aromatic rings. The van der Waals surface area contributed by atoms with Crippen molar-refractivity contribution >= 4 is 11.9 Å². The number of aromatic nitrogens is 2. The van der Waals surface area contributed by atoms with Crippen LogP contribution in [-0.2, 0) is 10.9 Å². The molecule has 0 unspecified atom stereocenters. The molecule has 1 atom stereocenters. The summed E-state index contributed by atoms with van der Waals surface area (Å²) in [7, 11) is 1.26. The molecule has 1 aliphatic heterocycles. The molecule has 10 heteroatoms. The standard InChI is InChI=1S/C17H16F3N3O4/c1-26-15(25)11-6-4-10(5-7-11)14(24)23-8-2-3-12(9-23)13-21-22-16(27-13)17(18,19)20/h4-7,12H,2-3,8-9H2,1H3/t12-/m0/s1. The second-order valence-electron chi connectivity index (χ2n) is 6.10. The number of benzene rings is 1. The molecule has 7 nitrogen and oxygen atoms in total. The van der Waals surface area contributed by atoms with E-state index in [1.54, 1.807) is 0 Å². The first-order chi connectivity index (χ1) is 12.8. The molecular weight excluding hydrogens is 367 g/mol. The Kier molecular flexibility index (Phi) is 5.15. The van der Waals surface area contributed by atoms with Crippen LogP contribution >= 0.6 is 0 Å². The van der Waals surface area contributed by atoms with E-state index in [9.17, 15) is 22.8 Å². The molecule has 0 aliphatic carbocycles. The number of hydrogen-bond acceptors (Lipinski definition) is 6. The van der Waals surface area contributed by atoms with Crippen molar-refractivity contribution in [1.82, 2.24) is 15.1 Å². The summed E-state index contributed by atoms with van der Waals surface area (Å²) < 4.78 is 47.2. The fraction of sp³-hybridized carbons (Fsp3) is 0.412. The number of esters is 1. The summed E-state index contributed by atoms with van der Waals surface area (Å²) in [4.78, 5) is 25.6. The van der Waals surface area contributed by atoms with E-state index < -0.39 is 24.0 Å². The van der Waals surface area contributed by atoms with Gasteiger partial charge in [-0.25, -0.2) is 4.79 Å². The molecule has 1 aromatic carbocycles. The first-order valence-corrected chi connectivity index (χ1v) is 8.18. The Morgan fingerprint density at radius 2 is 1.85 bits per heavy atom. The minimum atomic E-state index is -4.70. The summed E-state index contributed by atoms with van der Waals surface area (Å²) in [6.07, 6.45) is -3.55. The van der Waals surface area contributed by atoms with Crippen molar-refractivity contribution in [3.05, 3.63) is 47.2 Å². The van der Waals surface area contributed by atoms with Gasteiger partial charge in [0, 0.05) is 18.7 Å². The molecule has 0 bridgehead atoms. The van der Waals surface area contributed by atoms with Gasteiger partial charge in [0.15, 0.2) is 0 Å². The van der Waals surface area contributed by atoms with E-state index in [0.717, 1.165) is 0 Å². The third-order valence-corrected chi connectivity index (χ3v) is 4.29. The quantitative estimate of drug-likeness (QED) is 0.758. The normalized spacial score (nSPS) is 17.6. The van der Waals surface area contributed by atoms with E-state index in [1.807, 2.05) is 0 Å². The molecule has 0 saturated carbocycles. The number of carbonyl (C=O) groups excluding carboxylic acids is 2. The molecule has 144 valence electrons. The lowest BCUT2D eigenvalue weighted by Gasteiger charge is -2.31. The van der Waals surface area contributed by atoms with E-state index in [1.165, 1.54) is 36.3 Å². The zero-order valence-electron chi connectivity index (χ0n) is 14.3. The van der Waals surface area contributed by atoms with Crippen LogP contribution in [0.15, 0.2) is 28.7 Å². The zero-order chi connectivity index (χ0) is 19.6. The Morgan fingerprint density at radius 1 is 1.19 bits per heavy atom. The first-order valence-electron chi connectivity index (χ1n) is 8.18. The highest BCUT2D eigenvalue weighted by Crippen LogP contribution is 2.32. The Morgan fingerprint density at radius 3 is 2.44 bits per heavy atom. The minimum Gasteiger partial charge on any atom is -0.465 e. The van der Waals surface area contributed by atoms with Gasteiger partial charge in [0.2, 0.25) is 5.89 Å². The van der Waals surface area contributed by atoms with Gasteiger partial charge < -0.3 is 14.1 Å². The van der Waals surface area contributed by atoms with Crippen LogP contribution in [0.25, 0.3) is 0 Å². The van der Waals surface area contributed by atoms with Crippen LogP contribution in [-0.4, -0.2) is 47.2 Å². The van der Waals surface area contributed by atoms with Crippen molar-refractivity contribution in [2.24, 2.45) is 0 Å². The average Bonchev–Trinajstić information content (AvgIpc) is 3.18. The van der Waals surface area contributed by atoms with Crippen molar-refractivity contribution in [2.45, 2.75) is 24.9 Å². The number of methoxy groups -OCH3 is 1. The number of nitrogens with zero attached hydrogens (tertiary/aromatic N) is 3. The molecule has 0 radical (unpaired) electrons. The number of rotatable bonds is 3. The van der Waals surface area contributed by atoms with Gasteiger partial charge in [-0.3, -0.25) is 4.79 Å². The van der Waals surface area contributed by atoms with Gasteiger partial charge in [0.25, 0.3) is 5.91 Å². The summed E-state index contributed by atoms with van der Waals surface area (Å²) in [5.74, 6) is -2.77. The molecule has 3 rings (SSSR count). The highest BCUT2D eigenvalue weighted by molar-refractivity contribution is 5.96. The van der Waals surface area contributed by atoms with E-state index in [0.29, 0.717) is 30.5 Å². The highest BCUT2D eigenvalue weighted by atomic mass is 19.4. The number of amides is 1. The molecule has 0 spiro atoms. The van der Waals surface area contributed by atoms with Gasteiger partial charge in [-0.05, 0) is 37.1 Å². The number of alkyl halides is 3. The molecule has 1 saturated heterocycles. The SMILES string of the molecule is COC(=O)c1ccc(C(=O)N2CCC[C@H](c3nnc(C(F)(F)F)o3)C2)cc1. The zero-order valence-corrected chi connectivity index (χ0v) is 14.3. The Labute approximate surface area is 152 Å². The number of halogens is 3. The third kappa shape index (κ3) is 4.09. The highest BCUT2D eigenvalue weighted by Gasteiger charge is 2.39. The minimum absolute atomic E-state index is 0.124. The maximum Gasteiger partial charge on any atom is 0.470 e. The fourth-order valence-electron chi connectivity index (χ4n) is 2.93. The Balaban J connectivity index is 1.71. The van der Waals surface area contributed by atoms with Crippen molar-refractivity contribution in [1.29, 1.82) is 0 Å². The topological polar surface area (TPSA) is 85.5 Å². The monoisotopic (exact) mass is 383 g/mol. The molecule has 2 heterocycles. The van der Waals surface area contributed by atoms with Crippen LogP contribution in [0.3, 0.4) is 0 Å². The van der Waals surface area contributed by atoms with Gasteiger partial charge in [0.1, 0.15) is 0 Å². The summed E-state index contributed by atoms with van der Waals surface area (Å²) in [6.45, 7) is 0.644. The summed E-state index contributed by atoms with van der Waals surface area (Å²) >= 11 is 0. The van der Waals surface area contributed by atoms with Crippen molar-refractivity contribution < 1.29 is 31.9 Å². The van der Waals surface area contributed by atoms with E-state index in [2.05, 4.69) is 14.9 Å². The van der Waals surface area contributed by atoms with Crippen LogP contribution in [0.4, 0.5) is 13.2 Å². The fourth-order valence-corrected chi connectivity index (χ4v) is 2.93. The molecule has 27 heavy (non-hydrogen) atoms. The molecule has 1 amide bonds. The third-order valence-electron chi connectivity index (χ3n) is 4.29. The summed E-state index contributed by atoms with van der Waals surface area (Å²) in [5, 5.41) is 6.52. The van der Waals surface area contributed by atoms with Crippen LogP contribution in [0.2, 0.25) is 0 Å². The second kappa shape index (κ2) is 7.37. The largest absolute Gasteiger partial charge is 0.470 e. The van der Waals surface area contributed by atoms with Gasteiger partial charge >= 0.3 is 18.0 Å². The lowest BCUT2D eigenvalue weighted by Crippen LogP contribution is -2.39. The predicted octanol–water partition coefficient (Wildman–Crippen LogP) is 2.89. The maximum absolute atomic E-state index is 12.7. The van der Waals surface area contributed by atoms with Gasteiger partial charge in [-0.15, -0.1) is 10.2 Å². The molecule has 1 aliphatic rings. The van der Waals surface area contributed by atoms with Crippen LogP contribution < -0.4 is 0 Å². The lowest BCUT2D eigenvalue weighted by atomic mass is 9.97. The number of carbonyl (C=O) groups is 2. The smallest absolute Gasteiger partial charge is 0.465 e. The van der Waals surface area contributed by atoms with Gasteiger partial charge in [-0.1, -0.05) is 0 Å². The van der Waals surface area contributed by atoms with Crippen molar-refractivity contribution in [3.63, 3.8) is 0 Å². The number of likely N-dealkylation sites (tertiary alicyclic amines) is 1. The van der Waals surface area contributed by atoms with Gasteiger partial charge in [0.05, 0.1) is 18.6 Å². The van der Waals surface area contributed by atoms with Crippen molar-refractivity contribution in [2.75, 3.05) is 20.2 Å². The van der Waals surface area contributed by atoms with Gasteiger partial charge in [-0.2, -0.15) is 13.2 Å². The van der Waals surface area contributed by atoms with Crippen molar-refractivity contribution in [3.8, 4) is 0 Å². The summed E-state index contributed by atoms with van der Waals surface area (Å²) in [5.41, 5.74) is 0.681. The average molecular weight is 383 g/mol. The number of ether oxygens (including phenoxy) is 1. The Bertz CT molecular complexity index is 833. The maximum atomic E-state index is 12.7. The van der Waals surface area contributed by atoms with E-state index in [-0.39, 0.29) is 18.3 Å².